The van der Waals surface area contributed by atoms with Gasteiger partial charge in [0, 0.05) is 37.8 Å². The van der Waals surface area contributed by atoms with Crippen LogP contribution >= 0.6 is 0 Å². The lowest BCUT2D eigenvalue weighted by molar-refractivity contribution is -0.135. The minimum atomic E-state index is -0.672. The zero-order valence-electron chi connectivity index (χ0n) is 19.1. The molecule has 0 spiro atoms. The van der Waals surface area contributed by atoms with Gasteiger partial charge in [-0.05, 0) is 50.8 Å². The number of nitrogens with zero attached hydrogens (tertiary/aromatic N) is 6. The van der Waals surface area contributed by atoms with Gasteiger partial charge in [0.1, 0.15) is 6.04 Å². The summed E-state index contributed by atoms with van der Waals surface area (Å²) in [5.74, 6) is 0.796. The van der Waals surface area contributed by atoms with Crippen LogP contribution in [-0.2, 0) is 17.6 Å². The predicted octanol–water partition coefficient (Wildman–Crippen LogP) is 2.41. The lowest BCUT2D eigenvalue weighted by atomic mass is 10.1. The van der Waals surface area contributed by atoms with Gasteiger partial charge < -0.3 is 9.80 Å². The van der Waals surface area contributed by atoms with Crippen molar-refractivity contribution in [2.45, 2.75) is 39.2 Å². The Kier molecular flexibility index (Phi) is 5.66. The Bertz CT molecular complexity index is 1230. The number of hydrogen-bond donors (Lipinski definition) is 0. The van der Waals surface area contributed by atoms with Crippen LogP contribution in [-0.4, -0.2) is 57.0 Å². The normalized spacial score (nSPS) is 16.5. The number of rotatable bonds is 4. The van der Waals surface area contributed by atoms with E-state index in [4.69, 9.17) is 0 Å². The number of aromatic nitrogens is 4. The third kappa shape index (κ3) is 4.25. The van der Waals surface area contributed by atoms with Gasteiger partial charge in [-0.25, -0.2) is 4.68 Å². The maximum absolute atomic E-state index is 13.2. The first-order chi connectivity index (χ1) is 16.0. The van der Waals surface area contributed by atoms with Crippen LogP contribution in [0.4, 0.5) is 5.82 Å². The van der Waals surface area contributed by atoms with Crippen molar-refractivity contribution in [3.8, 4) is 11.3 Å². The van der Waals surface area contributed by atoms with Crippen molar-refractivity contribution < 1.29 is 4.79 Å². The fourth-order valence-corrected chi connectivity index (χ4v) is 4.58. The molecule has 1 aliphatic carbocycles. The highest BCUT2D eigenvalue weighted by atomic mass is 16.2. The number of carbonyl (C=O) groups excluding carboxylic acids is 1. The molecule has 1 unspecified atom stereocenters. The molecule has 1 atom stereocenters. The lowest BCUT2D eigenvalue weighted by Crippen LogP contribution is -2.51. The number of fused-ring (bicyclic) bond motifs is 1. The van der Waals surface area contributed by atoms with Crippen LogP contribution in [0.5, 0.6) is 0 Å². The van der Waals surface area contributed by atoms with E-state index in [1.165, 1.54) is 16.3 Å². The van der Waals surface area contributed by atoms with Gasteiger partial charge in [-0.2, -0.15) is 10.2 Å². The predicted molar refractivity (Wildman–Crippen MR) is 126 cm³/mol. The minimum Gasteiger partial charge on any atom is -0.352 e. The quantitative estimate of drug-likeness (QED) is 0.615. The first-order valence-electron chi connectivity index (χ1n) is 11.6. The van der Waals surface area contributed by atoms with Crippen LogP contribution in [0.25, 0.3) is 11.3 Å². The fourth-order valence-electron chi connectivity index (χ4n) is 4.58. The van der Waals surface area contributed by atoms with E-state index in [0.717, 1.165) is 41.9 Å². The molecule has 2 aliphatic rings. The highest BCUT2D eigenvalue weighted by Crippen LogP contribution is 2.24. The lowest BCUT2D eigenvalue weighted by Gasteiger charge is -2.36. The van der Waals surface area contributed by atoms with E-state index in [2.05, 4.69) is 26.3 Å². The van der Waals surface area contributed by atoms with E-state index in [1.54, 1.807) is 13.0 Å². The van der Waals surface area contributed by atoms with E-state index in [-0.39, 0.29) is 11.5 Å². The Morgan fingerprint density at radius 1 is 0.970 bits per heavy atom. The van der Waals surface area contributed by atoms with Crippen molar-refractivity contribution in [1.29, 1.82) is 0 Å². The first-order valence-corrected chi connectivity index (χ1v) is 11.6. The molecule has 0 saturated carbocycles. The molecule has 1 amide bonds. The molecule has 0 N–H and O–H groups in total. The van der Waals surface area contributed by atoms with Gasteiger partial charge in [-0.15, -0.1) is 5.10 Å². The molecule has 1 aliphatic heterocycles. The number of carbonyl (C=O) groups is 1. The Balaban J connectivity index is 1.28. The van der Waals surface area contributed by atoms with Gasteiger partial charge in [0.15, 0.2) is 5.82 Å². The Labute approximate surface area is 192 Å². The average molecular weight is 445 g/mol. The van der Waals surface area contributed by atoms with Crippen LogP contribution in [0.3, 0.4) is 0 Å². The SMILES string of the molecule is Cc1ccc(-c2ccc(=O)n(C(C)C(=O)N3CCN(c4cc5c(nn4)CCC5)CC3)n2)cc1. The number of hydrogen-bond acceptors (Lipinski definition) is 6. The molecule has 3 heterocycles. The molecule has 8 nitrogen and oxygen atoms in total. The van der Waals surface area contributed by atoms with Gasteiger partial charge in [0.25, 0.3) is 5.56 Å². The Morgan fingerprint density at radius 3 is 2.48 bits per heavy atom. The summed E-state index contributed by atoms with van der Waals surface area (Å²) >= 11 is 0. The van der Waals surface area contributed by atoms with Crippen molar-refractivity contribution in [2.75, 3.05) is 31.1 Å². The number of amides is 1. The van der Waals surface area contributed by atoms with E-state index in [0.29, 0.717) is 31.9 Å². The molecule has 170 valence electrons. The monoisotopic (exact) mass is 444 g/mol. The van der Waals surface area contributed by atoms with Crippen molar-refractivity contribution in [2.24, 2.45) is 0 Å². The Hall–Kier alpha value is -3.55. The number of anilines is 1. The molecule has 1 fully saturated rings. The summed E-state index contributed by atoms with van der Waals surface area (Å²) in [5.41, 5.74) is 4.88. The number of aryl methyl sites for hydroxylation is 3. The molecular weight excluding hydrogens is 416 g/mol. The van der Waals surface area contributed by atoms with Gasteiger partial charge >= 0.3 is 0 Å². The summed E-state index contributed by atoms with van der Waals surface area (Å²) in [4.78, 5) is 29.7. The average Bonchev–Trinajstić information content (AvgIpc) is 3.32. The van der Waals surface area contributed by atoms with E-state index in [1.807, 2.05) is 36.1 Å². The van der Waals surface area contributed by atoms with Gasteiger partial charge in [-0.1, -0.05) is 29.8 Å². The van der Waals surface area contributed by atoms with Crippen LogP contribution in [0.1, 0.15) is 36.2 Å². The number of benzene rings is 1. The minimum absolute atomic E-state index is 0.0923. The highest BCUT2D eigenvalue weighted by molar-refractivity contribution is 5.80. The van der Waals surface area contributed by atoms with Gasteiger partial charge in [-0.3, -0.25) is 9.59 Å². The van der Waals surface area contributed by atoms with Crippen LogP contribution < -0.4 is 10.5 Å². The molecule has 1 aromatic carbocycles. The van der Waals surface area contributed by atoms with Crippen molar-refractivity contribution >= 4 is 11.7 Å². The second kappa shape index (κ2) is 8.77. The van der Waals surface area contributed by atoms with Crippen LogP contribution in [0, 0.1) is 6.92 Å². The standard InChI is InChI=1S/C25H28N6O2/c1-17-6-8-19(9-7-17)22-10-11-24(32)31(28-22)18(2)25(33)30-14-12-29(13-15-30)23-16-20-4-3-5-21(20)26-27-23/h6-11,16,18H,3-5,12-15H2,1-2H3. The van der Waals surface area contributed by atoms with Gasteiger partial charge in [0.05, 0.1) is 11.4 Å². The molecule has 0 bridgehead atoms. The zero-order valence-corrected chi connectivity index (χ0v) is 19.1. The third-order valence-electron chi connectivity index (χ3n) is 6.62. The molecule has 5 rings (SSSR count). The fraction of sp³-hybridized carbons (Fsp3) is 0.400. The maximum Gasteiger partial charge on any atom is 0.267 e. The molecule has 8 heteroatoms. The van der Waals surface area contributed by atoms with E-state index in [9.17, 15) is 9.59 Å². The molecule has 2 aromatic heterocycles. The summed E-state index contributed by atoms with van der Waals surface area (Å²) < 4.78 is 1.30. The number of piperazine rings is 1. The third-order valence-corrected chi connectivity index (χ3v) is 6.62. The highest BCUT2D eigenvalue weighted by Gasteiger charge is 2.28. The molecular formula is C25H28N6O2. The topological polar surface area (TPSA) is 84.2 Å². The molecule has 33 heavy (non-hydrogen) atoms. The zero-order chi connectivity index (χ0) is 22.9. The van der Waals surface area contributed by atoms with Gasteiger partial charge in [0.2, 0.25) is 5.91 Å². The van der Waals surface area contributed by atoms with E-state index < -0.39 is 6.04 Å². The molecule has 0 radical (unpaired) electrons. The largest absolute Gasteiger partial charge is 0.352 e. The van der Waals surface area contributed by atoms with E-state index >= 15 is 0 Å². The summed E-state index contributed by atoms with van der Waals surface area (Å²) in [5, 5.41) is 13.3. The van der Waals surface area contributed by atoms with Crippen LogP contribution in [0.15, 0.2) is 47.3 Å². The molecule has 1 saturated heterocycles. The summed E-state index contributed by atoms with van der Waals surface area (Å²) in [7, 11) is 0. The summed E-state index contributed by atoms with van der Waals surface area (Å²) in [6.07, 6.45) is 3.23. The maximum atomic E-state index is 13.2. The first kappa shape index (κ1) is 21.3. The second-order valence-corrected chi connectivity index (χ2v) is 8.88. The smallest absolute Gasteiger partial charge is 0.267 e. The molecule has 3 aromatic rings. The Morgan fingerprint density at radius 2 is 1.73 bits per heavy atom. The summed E-state index contributed by atoms with van der Waals surface area (Å²) in [6.45, 7) is 6.31. The van der Waals surface area contributed by atoms with Crippen LogP contribution in [0.2, 0.25) is 0 Å². The van der Waals surface area contributed by atoms with Crippen molar-refractivity contribution in [3.05, 3.63) is 69.6 Å². The van der Waals surface area contributed by atoms with Crippen molar-refractivity contribution in [1.82, 2.24) is 24.9 Å². The van der Waals surface area contributed by atoms with Crippen molar-refractivity contribution in [3.63, 3.8) is 0 Å². The second-order valence-electron chi connectivity index (χ2n) is 8.88. The summed E-state index contributed by atoms with van der Waals surface area (Å²) in [6, 6.07) is 12.6.